The maximum absolute atomic E-state index is 4.65. The van der Waals surface area contributed by atoms with Crippen molar-refractivity contribution in [2.24, 2.45) is 0 Å². The van der Waals surface area contributed by atoms with Gasteiger partial charge < -0.3 is 14.6 Å². The number of hydrogen-bond donors (Lipinski definition) is 1. The second-order valence-corrected chi connectivity index (χ2v) is 6.40. The lowest BCUT2D eigenvalue weighted by molar-refractivity contribution is 0.418. The van der Waals surface area contributed by atoms with Gasteiger partial charge in [0, 0.05) is 38.1 Å². The molecule has 0 radical (unpaired) electrons. The molecule has 124 valence electrons. The number of fused-ring (bicyclic) bond motifs is 1. The predicted molar refractivity (Wildman–Crippen MR) is 94.0 cm³/mol. The molecule has 0 spiro atoms. The van der Waals surface area contributed by atoms with Crippen LogP contribution >= 0.6 is 0 Å². The van der Waals surface area contributed by atoms with Crippen LogP contribution in [0.25, 0.3) is 5.65 Å². The maximum atomic E-state index is 4.65. The van der Waals surface area contributed by atoms with Crippen molar-refractivity contribution in [2.45, 2.75) is 32.4 Å². The van der Waals surface area contributed by atoms with Crippen LogP contribution in [0.4, 0.5) is 5.82 Å². The highest BCUT2D eigenvalue weighted by Gasteiger charge is 2.21. The van der Waals surface area contributed by atoms with E-state index in [1.54, 1.807) is 0 Å². The van der Waals surface area contributed by atoms with E-state index in [9.17, 15) is 0 Å². The van der Waals surface area contributed by atoms with Crippen LogP contribution in [0, 0.1) is 6.92 Å². The summed E-state index contributed by atoms with van der Waals surface area (Å²) in [5.41, 5.74) is 3.03. The molecule has 6 nitrogen and oxygen atoms in total. The Morgan fingerprint density at radius 2 is 2.17 bits per heavy atom. The molecule has 24 heavy (non-hydrogen) atoms. The number of hydrogen-bond acceptors (Lipinski definition) is 5. The summed E-state index contributed by atoms with van der Waals surface area (Å²) in [5.74, 6) is 0.972. The van der Waals surface area contributed by atoms with E-state index in [1.165, 1.54) is 12.8 Å². The molecule has 3 aromatic rings. The SMILES string of the molecule is Cc1ccc(N2CCCC(NCc3cn4ccccc4n3)C2)nn1. The zero-order chi connectivity index (χ0) is 16.4. The monoisotopic (exact) mass is 322 g/mol. The van der Waals surface area contributed by atoms with Gasteiger partial charge in [0.15, 0.2) is 5.82 Å². The fourth-order valence-corrected chi connectivity index (χ4v) is 3.23. The average Bonchev–Trinajstić information content (AvgIpc) is 3.04. The molecule has 0 aliphatic carbocycles. The second-order valence-electron chi connectivity index (χ2n) is 6.40. The number of aromatic nitrogens is 4. The van der Waals surface area contributed by atoms with Crippen molar-refractivity contribution in [3.8, 4) is 0 Å². The number of nitrogens with zero attached hydrogens (tertiary/aromatic N) is 5. The van der Waals surface area contributed by atoms with Gasteiger partial charge in [-0.1, -0.05) is 6.07 Å². The molecular formula is C18H22N6. The third-order valence-electron chi connectivity index (χ3n) is 4.51. The predicted octanol–water partition coefficient (Wildman–Crippen LogP) is 2.19. The van der Waals surface area contributed by atoms with Crippen molar-refractivity contribution in [3.05, 3.63) is 54.1 Å². The Kier molecular flexibility index (Phi) is 4.13. The molecule has 6 heteroatoms. The Morgan fingerprint density at radius 3 is 3.00 bits per heavy atom. The lowest BCUT2D eigenvalue weighted by Crippen LogP contribution is -2.45. The van der Waals surface area contributed by atoms with Crippen molar-refractivity contribution in [2.75, 3.05) is 18.0 Å². The molecule has 1 aliphatic rings. The van der Waals surface area contributed by atoms with Crippen LogP contribution in [0.5, 0.6) is 0 Å². The molecule has 4 heterocycles. The van der Waals surface area contributed by atoms with Crippen LogP contribution < -0.4 is 10.2 Å². The molecule has 1 saturated heterocycles. The van der Waals surface area contributed by atoms with E-state index in [1.807, 2.05) is 37.4 Å². The van der Waals surface area contributed by atoms with E-state index >= 15 is 0 Å². The van der Waals surface area contributed by atoms with Crippen molar-refractivity contribution in [1.29, 1.82) is 0 Å². The highest BCUT2D eigenvalue weighted by atomic mass is 15.3. The van der Waals surface area contributed by atoms with E-state index in [0.717, 1.165) is 42.5 Å². The van der Waals surface area contributed by atoms with Crippen LogP contribution in [0.15, 0.2) is 42.7 Å². The molecule has 1 unspecified atom stereocenters. The van der Waals surface area contributed by atoms with Gasteiger partial charge in [0.2, 0.25) is 0 Å². The first kappa shape index (κ1) is 15.1. The van der Waals surface area contributed by atoms with Gasteiger partial charge in [0.05, 0.1) is 11.4 Å². The Morgan fingerprint density at radius 1 is 1.21 bits per heavy atom. The third kappa shape index (κ3) is 3.23. The first-order chi connectivity index (χ1) is 11.8. The lowest BCUT2D eigenvalue weighted by Gasteiger charge is -2.33. The van der Waals surface area contributed by atoms with Crippen LogP contribution in [0.1, 0.15) is 24.2 Å². The van der Waals surface area contributed by atoms with Crippen LogP contribution in [0.3, 0.4) is 0 Å². The van der Waals surface area contributed by atoms with Crippen molar-refractivity contribution < 1.29 is 0 Å². The minimum atomic E-state index is 0.451. The zero-order valence-corrected chi connectivity index (χ0v) is 13.9. The van der Waals surface area contributed by atoms with Gasteiger partial charge in [0.1, 0.15) is 5.65 Å². The molecule has 0 saturated carbocycles. The summed E-state index contributed by atoms with van der Waals surface area (Å²) in [4.78, 5) is 6.97. The van der Waals surface area contributed by atoms with Crippen LogP contribution in [-0.4, -0.2) is 38.7 Å². The Labute approximate surface area is 141 Å². The molecule has 1 aliphatic heterocycles. The van der Waals surface area contributed by atoms with Crippen molar-refractivity contribution >= 4 is 11.5 Å². The number of aryl methyl sites for hydroxylation is 1. The molecular weight excluding hydrogens is 300 g/mol. The normalized spacial score (nSPS) is 18.2. The van der Waals surface area contributed by atoms with Crippen LogP contribution in [-0.2, 0) is 6.54 Å². The molecule has 0 bridgehead atoms. The number of piperidine rings is 1. The maximum Gasteiger partial charge on any atom is 0.151 e. The molecule has 3 aromatic heterocycles. The van der Waals surface area contributed by atoms with E-state index in [4.69, 9.17) is 0 Å². The minimum absolute atomic E-state index is 0.451. The van der Waals surface area contributed by atoms with Gasteiger partial charge >= 0.3 is 0 Å². The average molecular weight is 322 g/mol. The fraction of sp³-hybridized carbons (Fsp3) is 0.389. The van der Waals surface area contributed by atoms with Crippen LogP contribution in [0.2, 0.25) is 0 Å². The number of anilines is 1. The van der Waals surface area contributed by atoms with Gasteiger partial charge in [-0.2, -0.15) is 5.10 Å². The summed E-state index contributed by atoms with van der Waals surface area (Å²) in [6.45, 7) is 4.77. The zero-order valence-electron chi connectivity index (χ0n) is 13.9. The Bertz CT molecular complexity index is 777. The van der Waals surface area contributed by atoms with Gasteiger partial charge in [-0.25, -0.2) is 4.98 Å². The standard InChI is InChI=1S/C18H22N6/c1-14-7-8-18(22-21-14)24-10-4-5-15(12-24)19-11-16-13-23-9-3-2-6-17(23)20-16/h2-3,6-9,13,15,19H,4-5,10-12H2,1H3. The molecule has 0 aromatic carbocycles. The largest absolute Gasteiger partial charge is 0.354 e. The molecule has 1 atom stereocenters. The van der Waals surface area contributed by atoms with Gasteiger partial charge in [0.25, 0.3) is 0 Å². The fourth-order valence-electron chi connectivity index (χ4n) is 3.23. The third-order valence-corrected chi connectivity index (χ3v) is 4.51. The van der Waals surface area contributed by atoms with E-state index in [2.05, 4.69) is 42.1 Å². The summed E-state index contributed by atoms with van der Waals surface area (Å²) in [6.07, 6.45) is 6.47. The van der Waals surface area contributed by atoms with E-state index < -0.39 is 0 Å². The second kappa shape index (κ2) is 6.57. The summed E-state index contributed by atoms with van der Waals surface area (Å²) >= 11 is 0. The van der Waals surface area contributed by atoms with Crippen molar-refractivity contribution in [1.82, 2.24) is 24.9 Å². The van der Waals surface area contributed by atoms with E-state index in [-0.39, 0.29) is 0 Å². The first-order valence-corrected chi connectivity index (χ1v) is 8.49. The number of imidazole rings is 1. The van der Waals surface area contributed by atoms with Gasteiger partial charge in [-0.15, -0.1) is 5.10 Å². The number of nitrogens with one attached hydrogen (secondary N) is 1. The molecule has 1 fully saturated rings. The number of pyridine rings is 1. The smallest absolute Gasteiger partial charge is 0.151 e. The Hall–Kier alpha value is -2.47. The summed E-state index contributed by atoms with van der Waals surface area (Å²) in [5, 5.41) is 12.1. The summed E-state index contributed by atoms with van der Waals surface area (Å²) in [6, 6.07) is 10.6. The first-order valence-electron chi connectivity index (χ1n) is 8.49. The lowest BCUT2D eigenvalue weighted by atomic mass is 10.1. The molecule has 1 N–H and O–H groups in total. The van der Waals surface area contributed by atoms with Crippen molar-refractivity contribution in [3.63, 3.8) is 0 Å². The number of rotatable bonds is 4. The molecule has 4 rings (SSSR count). The minimum Gasteiger partial charge on any atom is -0.354 e. The highest BCUT2D eigenvalue weighted by Crippen LogP contribution is 2.17. The topological polar surface area (TPSA) is 58.4 Å². The van der Waals surface area contributed by atoms with Gasteiger partial charge in [-0.3, -0.25) is 0 Å². The molecule has 0 amide bonds. The Balaban J connectivity index is 1.38. The summed E-state index contributed by atoms with van der Waals surface area (Å²) in [7, 11) is 0. The quantitative estimate of drug-likeness (QED) is 0.798. The highest BCUT2D eigenvalue weighted by molar-refractivity contribution is 5.40. The van der Waals surface area contributed by atoms with Gasteiger partial charge in [-0.05, 0) is 44.0 Å². The summed E-state index contributed by atoms with van der Waals surface area (Å²) < 4.78 is 2.06. The van der Waals surface area contributed by atoms with E-state index in [0.29, 0.717) is 6.04 Å².